The molecule has 4 rings (SSSR count). The number of nitrogens with zero attached hydrogens (tertiary/aromatic N) is 2. The molecule has 0 amide bonds. The number of benzene rings is 1. The summed E-state index contributed by atoms with van der Waals surface area (Å²) in [5.41, 5.74) is 8.36. The fourth-order valence-corrected chi connectivity index (χ4v) is 5.45. The zero-order chi connectivity index (χ0) is 26.9. The Kier molecular flexibility index (Phi) is 10.6. The third kappa shape index (κ3) is 7.79. The number of nitrogens with one attached hydrogen (secondary N) is 1. The fraction of sp³-hybridized carbons (Fsp3) is 0.483. The van der Waals surface area contributed by atoms with E-state index < -0.39 is 0 Å². The Hall–Kier alpha value is -2.45. The molecule has 1 heterocycles. The molecule has 3 N–H and O–H groups in total. The van der Waals surface area contributed by atoms with Crippen LogP contribution in [0.15, 0.2) is 71.0 Å². The van der Waals surface area contributed by atoms with E-state index in [0.29, 0.717) is 51.0 Å². The van der Waals surface area contributed by atoms with Crippen molar-refractivity contribution in [2.24, 2.45) is 16.6 Å². The van der Waals surface area contributed by atoms with Gasteiger partial charge in [0.25, 0.3) is 0 Å². The summed E-state index contributed by atoms with van der Waals surface area (Å²) in [6.45, 7) is 7.86. The standard InChI is InChI=1S/C29H38Cl2N4O3/c1-3-33-26-17-28(27(36-2)16-23(26)29(32)34-21-9-10-24(30)25(31)15-21)38-19-22-18-35(13-14-37-22)12-11-20-7-5-4-6-8-20/h3,9-10,15-17,20,22,34H,1,4-8,11-14,18-19,32H2,2H3/b29-23+,33-26-. The van der Waals surface area contributed by atoms with Gasteiger partial charge in [0.2, 0.25) is 0 Å². The van der Waals surface area contributed by atoms with E-state index in [1.54, 1.807) is 31.4 Å². The lowest BCUT2D eigenvalue weighted by atomic mass is 9.87. The van der Waals surface area contributed by atoms with Crippen LogP contribution in [0.3, 0.4) is 0 Å². The average Bonchev–Trinajstić information content (AvgIpc) is 2.93. The second-order valence-electron chi connectivity index (χ2n) is 9.90. The SMILES string of the molecule is C=C/N=C1/C=C(OCC2CN(CCC3CCCCC3)CCO2)C(OC)=C/C1=C(/N)Nc1ccc(Cl)c(Cl)c1. The number of morpholine rings is 1. The van der Waals surface area contributed by atoms with E-state index in [-0.39, 0.29) is 6.10 Å². The number of hydrogen-bond acceptors (Lipinski definition) is 7. The third-order valence-corrected chi connectivity index (χ3v) is 7.97. The Balaban J connectivity index is 1.39. The van der Waals surface area contributed by atoms with Crippen LogP contribution >= 0.6 is 23.2 Å². The molecule has 0 spiro atoms. The smallest absolute Gasteiger partial charge is 0.163 e. The monoisotopic (exact) mass is 560 g/mol. The number of aliphatic imine (C=N–C) groups is 1. The topological polar surface area (TPSA) is 81.3 Å². The number of ether oxygens (including phenoxy) is 3. The molecule has 1 aliphatic heterocycles. The number of rotatable bonds is 10. The molecule has 1 saturated heterocycles. The summed E-state index contributed by atoms with van der Waals surface area (Å²) in [5.74, 6) is 2.37. The first kappa shape index (κ1) is 28.6. The number of hydrogen-bond donors (Lipinski definition) is 2. The summed E-state index contributed by atoms with van der Waals surface area (Å²) in [6.07, 6.45) is 13.3. The minimum Gasteiger partial charge on any atom is -0.493 e. The average molecular weight is 562 g/mol. The highest BCUT2D eigenvalue weighted by Gasteiger charge is 2.25. The van der Waals surface area contributed by atoms with E-state index in [1.165, 1.54) is 44.7 Å². The highest BCUT2D eigenvalue weighted by atomic mass is 35.5. The van der Waals surface area contributed by atoms with E-state index in [0.717, 1.165) is 32.2 Å². The van der Waals surface area contributed by atoms with E-state index in [2.05, 4.69) is 21.8 Å². The van der Waals surface area contributed by atoms with E-state index >= 15 is 0 Å². The first-order chi connectivity index (χ1) is 18.5. The maximum atomic E-state index is 6.42. The summed E-state index contributed by atoms with van der Waals surface area (Å²) >= 11 is 12.2. The van der Waals surface area contributed by atoms with Gasteiger partial charge in [-0.25, -0.2) is 0 Å². The molecule has 2 fully saturated rings. The van der Waals surface area contributed by atoms with Crippen LogP contribution in [0.1, 0.15) is 38.5 Å². The van der Waals surface area contributed by atoms with Gasteiger partial charge in [0.05, 0.1) is 29.5 Å². The van der Waals surface area contributed by atoms with Gasteiger partial charge in [-0.05, 0) is 43.2 Å². The molecule has 206 valence electrons. The van der Waals surface area contributed by atoms with Crippen LogP contribution in [-0.2, 0) is 14.2 Å². The maximum Gasteiger partial charge on any atom is 0.163 e. The van der Waals surface area contributed by atoms with Crippen molar-refractivity contribution in [3.05, 3.63) is 76.1 Å². The van der Waals surface area contributed by atoms with Crippen molar-refractivity contribution in [1.29, 1.82) is 0 Å². The van der Waals surface area contributed by atoms with Gasteiger partial charge in [-0.1, -0.05) is 61.9 Å². The van der Waals surface area contributed by atoms with Gasteiger partial charge in [-0.15, -0.1) is 0 Å². The maximum absolute atomic E-state index is 6.42. The summed E-state index contributed by atoms with van der Waals surface area (Å²) in [6, 6.07) is 5.21. The van der Waals surface area contributed by atoms with Gasteiger partial charge in [0, 0.05) is 36.6 Å². The van der Waals surface area contributed by atoms with Crippen LogP contribution in [0.25, 0.3) is 0 Å². The first-order valence-electron chi connectivity index (χ1n) is 13.3. The third-order valence-electron chi connectivity index (χ3n) is 7.23. The lowest BCUT2D eigenvalue weighted by molar-refractivity contribution is -0.0603. The van der Waals surface area contributed by atoms with Crippen LogP contribution in [0.5, 0.6) is 0 Å². The first-order valence-corrected chi connectivity index (χ1v) is 14.1. The highest BCUT2D eigenvalue weighted by molar-refractivity contribution is 6.42. The molecule has 9 heteroatoms. The molecule has 3 aliphatic rings. The molecule has 1 atom stereocenters. The summed E-state index contributed by atoms with van der Waals surface area (Å²) in [7, 11) is 1.60. The Labute approximate surface area is 236 Å². The normalized spacial score (nSPS) is 23.4. The van der Waals surface area contributed by atoms with Crippen molar-refractivity contribution < 1.29 is 14.2 Å². The van der Waals surface area contributed by atoms with Crippen LogP contribution < -0.4 is 11.1 Å². The number of anilines is 1. The van der Waals surface area contributed by atoms with Crippen molar-refractivity contribution in [2.45, 2.75) is 44.6 Å². The van der Waals surface area contributed by atoms with E-state index in [9.17, 15) is 0 Å². The number of nitrogens with two attached hydrogens (primary N) is 1. The van der Waals surface area contributed by atoms with Crippen LogP contribution in [0, 0.1) is 5.92 Å². The molecule has 0 radical (unpaired) electrons. The van der Waals surface area contributed by atoms with Gasteiger partial charge >= 0.3 is 0 Å². The van der Waals surface area contributed by atoms with Gasteiger partial charge < -0.3 is 25.3 Å². The second-order valence-corrected chi connectivity index (χ2v) is 10.7. The Bertz CT molecular complexity index is 1110. The number of halogens is 2. The summed E-state index contributed by atoms with van der Waals surface area (Å²) in [5, 5.41) is 4.05. The Morgan fingerprint density at radius 3 is 2.76 bits per heavy atom. The van der Waals surface area contributed by atoms with Crippen LogP contribution in [-0.4, -0.2) is 56.7 Å². The van der Waals surface area contributed by atoms with Crippen molar-refractivity contribution in [1.82, 2.24) is 4.90 Å². The van der Waals surface area contributed by atoms with Crippen LogP contribution in [0.2, 0.25) is 10.0 Å². The molecule has 1 aromatic rings. The van der Waals surface area contributed by atoms with Gasteiger partial charge in [0.15, 0.2) is 11.5 Å². The minimum absolute atomic E-state index is 0.00719. The Morgan fingerprint density at radius 1 is 1.21 bits per heavy atom. The van der Waals surface area contributed by atoms with Crippen molar-refractivity contribution in [3.63, 3.8) is 0 Å². The predicted octanol–water partition coefficient (Wildman–Crippen LogP) is 6.28. The quantitative estimate of drug-likeness (QED) is 0.350. The number of allylic oxidation sites excluding steroid dienone is 3. The fourth-order valence-electron chi connectivity index (χ4n) is 5.15. The van der Waals surface area contributed by atoms with Crippen molar-refractivity contribution >= 4 is 34.6 Å². The molecular weight excluding hydrogens is 523 g/mol. The second kappa shape index (κ2) is 14.1. The molecule has 0 bridgehead atoms. The lowest BCUT2D eigenvalue weighted by Crippen LogP contribution is -2.45. The summed E-state index contributed by atoms with van der Waals surface area (Å²) < 4.78 is 17.9. The van der Waals surface area contributed by atoms with E-state index in [1.807, 2.05) is 6.08 Å². The largest absolute Gasteiger partial charge is 0.493 e. The molecule has 38 heavy (non-hydrogen) atoms. The zero-order valence-corrected chi connectivity index (χ0v) is 23.6. The lowest BCUT2D eigenvalue weighted by Gasteiger charge is -2.34. The van der Waals surface area contributed by atoms with Crippen molar-refractivity contribution in [3.8, 4) is 0 Å². The molecule has 1 saturated carbocycles. The van der Waals surface area contributed by atoms with Gasteiger partial charge in [-0.2, -0.15) is 0 Å². The summed E-state index contributed by atoms with van der Waals surface area (Å²) in [4.78, 5) is 6.92. The molecule has 2 aliphatic carbocycles. The van der Waals surface area contributed by atoms with E-state index in [4.69, 9.17) is 43.1 Å². The Morgan fingerprint density at radius 2 is 2.03 bits per heavy atom. The predicted molar refractivity (Wildman–Crippen MR) is 155 cm³/mol. The van der Waals surface area contributed by atoms with Gasteiger partial charge in [0.1, 0.15) is 18.5 Å². The zero-order valence-electron chi connectivity index (χ0n) is 22.1. The van der Waals surface area contributed by atoms with Crippen LogP contribution in [0.4, 0.5) is 5.69 Å². The molecule has 1 aromatic carbocycles. The van der Waals surface area contributed by atoms with Crippen molar-refractivity contribution in [2.75, 3.05) is 45.3 Å². The molecule has 7 nitrogen and oxygen atoms in total. The highest BCUT2D eigenvalue weighted by Crippen LogP contribution is 2.29. The molecule has 0 aromatic heterocycles. The molecule has 1 unspecified atom stereocenters. The van der Waals surface area contributed by atoms with Gasteiger partial charge in [-0.3, -0.25) is 9.89 Å². The number of methoxy groups -OCH3 is 1. The minimum atomic E-state index is -0.00719. The molecular formula is C29H38Cl2N4O3.